The number of benzene rings is 2. The van der Waals surface area contributed by atoms with Crippen molar-refractivity contribution >= 4 is 5.69 Å². The van der Waals surface area contributed by atoms with Gasteiger partial charge in [0.05, 0.1) is 5.69 Å². The third kappa shape index (κ3) is 2.89. The third-order valence-corrected chi connectivity index (χ3v) is 2.90. The average Bonchev–Trinajstić information content (AvgIpc) is 2.39. The summed E-state index contributed by atoms with van der Waals surface area (Å²) >= 11 is 0. The van der Waals surface area contributed by atoms with Crippen LogP contribution in [0.15, 0.2) is 54.6 Å². The number of rotatable bonds is 3. The molecule has 0 bridgehead atoms. The summed E-state index contributed by atoms with van der Waals surface area (Å²) in [5.74, 6) is 0. The van der Waals surface area contributed by atoms with Gasteiger partial charge in [0.1, 0.15) is 0 Å². The summed E-state index contributed by atoms with van der Waals surface area (Å²) in [5.41, 5.74) is 1.55. The molecule has 0 aliphatic heterocycles. The first-order valence-corrected chi connectivity index (χ1v) is 6.03. The molecule has 0 amide bonds. The Morgan fingerprint density at radius 3 is 2.05 bits per heavy atom. The van der Waals surface area contributed by atoms with Crippen LogP contribution in [0.5, 0.6) is 0 Å². The van der Waals surface area contributed by atoms with Crippen LogP contribution in [0.1, 0.15) is 6.92 Å². The summed E-state index contributed by atoms with van der Waals surface area (Å²) in [4.78, 5) is 0.454. The zero-order valence-corrected chi connectivity index (χ0v) is 10.5. The maximum absolute atomic E-state index is 13.0. The smallest absolute Gasteiger partial charge is 0.284 e. The van der Waals surface area contributed by atoms with E-state index in [1.165, 1.54) is 13.0 Å². The maximum Gasteiger partial charge on any atom is 0.484 e. The Balaban J connectivity index is 2.53. The summed E-state index contributed by atoms with van der Waals surface area (Å²) in [5, 5.41) is 0. The minimum absolute atomic E-state index is 0.118. The Hall–Kier alpha value is -1.97. The van der Waals surface area contributed by atoms with Gasteiger partial charge in [-0.1, -0.05) is 48.5 Å². The van der Waals surface area contributed by atoms with Crippen LogP contribution in [-0.4, -0.2) is 12.8 Å². The van der Waals surface area contributed by atoms with Gasteiger partial charge in [0, 0.05) is 12.1 Å². The molecule has 100 valence electrons. The first-order valence-electron chi connectivity index (χ1n) is 6.03. The summed E-state index contributed by atoms with van der Waals surface area (Å²) < 4.78 is 39.1. The minimum Gasteiger partial charge on any atom is -0.284 e. The lowest BCUT2D eigenvalue weighted by molar-refractivity contribution is -0.128. The van der Waals surface area contributed by atoms with Crippen molar-refractivity contribution < 1.29 is 13.2 Å². The van der Waals surface area contributed by atoms with E-state index in [1.54, 1.807) is 18.2 Å². The number of halogens is 3. The van der Waals surface area contributed by atoms with Crippen molar-refractivity contribution in [3.05, 3.63) is 54.6 Å². The van der Waals surface area contributed by atoms with E-state index < -0.39 is 6.30 Å². The van der Waals surface area contributed by atoms with Gasteiger partial charge in [-0.15, -0.1) is 0 Å². The molecule has 0 aromatic heterocycles. The summed E-state index contributed by atoms with van der Waals surface area (Å²) in [6.07, 6.45) is -4.38. The van der Waals surface area contributed by atoms with Crippen LogP contribution in [-0.2, 0) is 0 Å². The quantitative estimate of drug-likeness (QED) is 0.727. The van der Waals surface area contributed by atoms with Crippen LogP contribution in [0.4, 0.5) is 18.9 Å². The number of hydrogen-bond acceptors (Lipinski definition) is 1. The van der Waals surface area contributed by atoms with Crippen molar-refractivity contribution in [1.29, 1.82) is 0 Å². The fourth-order valence-corrected chi connectivity index (χ4v) is 2.06. The minimum atomic E-state index is -4.38. The molecule has 0 atom stereocenters. The van der Waals surface area contributed by atoms with Gasteiger partial charge in [-0.2, -0.15) is 13.2 Å². The lowest BCUT2D eigenvalue weighted by atomic mass is 10.0. The number of para-hydroxylation sites is 1. The summed E-state index contributed by atoms with van der Waals surface area (Å²) in [6, 6.07) is 15.7. The third-order valence-electron chi connectivity index (χ3n) is 2.90. The zero-order valence-electron chi connectivity index (χ0n) is 10.5. The number of alkyl halides is 3. The van der Waals surface area contributed by atoms with E-state index in [2.05, 4.69) is 0 Å². The van der Waals surface area contributed by atoms with Gasteiger partial charge in [0.2, 0.25) is 0 Å². The summed E-state index contributed by atoms with van der Waals surface area (Å²) in [6.45, 7) is 1.38. The molecule has 0 aliphatic carbocycles. The highest BCUT2D eigenvalue weighted by atomic mass is 19.4. The first kappa shape index (κ1) is 13.5. The molecule has 2 aromatic carbocycles. The van der Waals surface area contributed by atoms with Crippen LogP contribution in [0.3, 0.4) is 0 Å². The van der Waals surface area contributed by atoms with Crippen LogP contribution in [0.25, 0.3) is 11.1 Å². The van der Waals surface area contributed by atoms with E-state index >= 15 is 0 Å². The Morgan fingerprint density at radius 1 is 0.895 bits per heavy atom. The molecule has 1 nitrogen and oxygen atoms in total. The van der Waals surface area contributed by atoms with Gasteiger partial charge in [-0.05, 0) is 18.6 Å². The second-order valence-electron chi connectivity index (χ2n) is 4.10. The molecule has 4 heteroatoms. The Morgan fingerprint density at radius 2 is 1.47 bits per heavy atom. The molecule has 0 aliphatic rings. The molecule has 0 fully saturated rings. The summed E-state index contributed by atoms with van der Waals surface area (Å²) in [7, 11) is 0. The van der Waals surface area contributed by atoms with Gasteiger partial charge >= 0.3 is 6.30 Å². The SMILES string of the molecule is CCN(c1ccccc1-c1ccccc1)C(F)(F)F. The van der Waals surface area contributed by atoms with Gasteiger partial charge in [-0.25, -0.2) is 0 Å². The van der Waals surface area contributed by atoms with Gasteiger partial charge < -0.3 is 0 Å². The molecule has 0 saturated carbocycles. The number of nitrogens with zero attached hydrogens (tertiary/aromatic N) is 1. The Kier molecular flexibility index (Phi) is 3.79. The molecular formula is C15H14F3N. The van der Waals surface area contributed by atoms with Crippen molar-refractivity contribution in [2.45, 2.75) is 13.2 Å². The fraction of sp³-hybridized carbons (Fsp3) is 0.200. The van der Waals surface area contributed by atoms with Crippen molar-refractivity contribution in [1.82, 2.24) is 0 Å². The lowest BCUT2D eigenvalue weighted by Gasteiger charge is -2.27. The second-order valence-corrected chi connectivity index (χ2v) is 4.10. The monoisotopic (exact) mass is 265 g/mol. The van der Waals surface area contributed by atoms with Crippen LogP contribution in [0.2, 0.25) is 0 Å². The molecular weight excluding hydrogens is 251 g/mol. The topological polar surface area (TPSA) is 3.24 Å². The molecule has 0 heterocycles. The first-order chi connectivity index (χ1) is 9.04. The highest BCUT2D eigenvalue weighted by Gasteiger charge is 2.37. The predicted molar refractivity (Wildman–Crippen MR) is 71.0 cm³/mol. The van der Waals surface area contributed by atoms with E-state index in [1.807, 2.05) is 30.3 Å². The van der Waals surface area contributed by atoms with E-state index in [4.69, 9.17) is 0 Å². The zero-order chi connectivity index (χ0) is 13.9. The molecule has 0 N–H and O–H groups in total. The number of anilines is 1. The van der Waals surface area contributed by atoms with Gasteiger partial charge in [0.25, 0.3) is 0 Å². The second kappa shape index (κ2) is 5.34. The lowest BCUT2D eigenvalue weighted by Crippen LogP contribution is -2.38. The van der Waals surface area contributed by atoms with Crippen molar-refractivity contribution in [2.75, 3.05) is 11.4 Å². The molecule has 0 radical (unpaired) electrons. The van der Waals surface area contributed by atoms with E-state index in [9.17, 15) is 13.2 Å². The van der Waals surface area contributed by atoms with Crippen molar-refractivity contribution in [2.24, 2.45) is 0 Å². The van der Waals surface area contributed by atoms with E-state index in [0.717, 1.165) is 5.56 Å². The standard InChI is InChI=1S/C15H14F3N/c1-2-19(15(16,17)18)14-11-7-6-10-13(14)12-8-4-3-5-9-12/h3-11H,2H2,1H3. The van der Waals surface area contributed by atoms with Crippen LogP contribution in [0, 0.1) is 0 Å². The fourth-order valence-electron chi connectivity index (χ4n) is 2.06. The largest absolute Gasteiger partial charge is 0.484 e. The van der Waals surface area contributed by atoms with Crippen molar-refractivity contribution in [3.8, 4) is 11.1 Å². The molecule has 19 heavy (non-hydrogen) atoms. The van der Waals surface area contributed by atoms with E-state index in [0.29, 0.717) is 10.5 Å². The molecule has 0 unspecified atom stereocenters. The Bertz CT molecular complexity index is 535. The Labute approximate surface area is 110 Å². The van der Waals surface area contributed by atoms with Crippen LogP contribution >= 0.6 is 0 Å². The molecule has 0 spiro atoms. The average molecular weight is 265 g/mol. The van der Waals surface area contributed by atoms with Crippen molar-refractivity contribution in [3.63, 3.8) is 0 Å². The molecule has 2 aromatic rings. The highest BCUT2D eigenvalue weighted by molar-refractivity contribution is 5.78. The number of hydrogen-bond donors (Lipinski definition) is 0. The van der Waals surface area contributed by atoms with Gasteiger partial charge in [-0.3, -0.25) is 4.90 Å². The molecule has 0 saturated heterocycles. The highest BCUT2D eigenvalue weighted by Crippen LogP contribution is 2.36. The predicted octanol–water partition coefficient (Wildman–Crippen LogP) is 4.70. The molecule has 2 rings (SSSR count). The maximum atomic E-state index is 13.0. The van der Waals surface area contributed by atoms with E-state index in [-0.39, 0.29) is 12.2 Å². The van der Waals surface area contributed by atoms with Crippen LogP contribution < -0.4 is 4.90 Å². The van der Waals surface area contributed by atoms with Gasteiger partial charge in [0.15, 0.2) is 0 Å². The normalized spacial score (nSPS) is 11.4.